The largest absolute Gasteiger partial charge is 0.489 e. The second kappa shape index (κ2) is 12.3. The van der Waals surface area contributed by atoms with E-state index >= 15 is 0 Å². The van der Waals surface area contributed by atoms with Gasteiger partial charge in [-0.3, -0.25) is 4.79 Å². The molecule has 0 fully saturated rings. The number of nitrogens with one attached hydrogen (secondary N) is 1. The number of carboxylic acids is 1. The molecule has 0 spiro atoms. The predicted molar refractivity (Wildman–Crippen MR) is 151 cm³/mol. The average Bonchev–Trinajstić information content (AvgIpc) is 2.92. The third kappa shape index (κ3) is 7.38. The molecule has 0 amide bonds. The van der Waals surface area contributed by atoms with E-state index in [1.165, 1.54) is 6.07 Å². The van der Waals surface area contributed by atoms with Gasteiger partial charge >= 0.3 is 5.97 Å². The van der Waals surface area contributed by atoms with Crippen molar-refractivity contribution in [1.82, 2.24) is 4.72 Å². The highest BCUT2D eigenvalue weighted by atomic mass is 35.5. The maximum atomic E-state index is 12.8. The van der Waals surface area contributed by atoms with Crippen molar-refractivity contribution in [3.05, 3.63) is 108 Å². The van der Waals surface area contributed by atoms with Gasteiger partial charge in [-0.15, -0.1) is 0 Å². The van der Waals surface area contributed by atoms with Gasteiger partial charge in [0, 0.05) is 0 Å². The first kappa shape index (κ1) is 28.2. The van der Waals surface area contributed by atoms with E-state index in [1.807, 2.05) is 78.9 Å². The quantitative estimate of drug-likeness (QED) is 0.208. The first-order chi connectivity index (χ1) is 18.6. The van der Waals surface area contributed by atoms with Crippen LogP contribution in [-0.2, 0) is 21.4 Å². The van der Waals surface area contributed by atoms with E-state index in [-0.39, 0.29) is 9.92 Å². The maximum absolute atomic E-state index is 12.8. The first-order valence-corrected chi connectivity index (χ1v) is 14.1. The molecule has 0 bridgehead atoms. The molecule has 0 unspecified atom stereocenters. The molecule has 0 heterocycles. The Balaban J connectivity index is 1.38. The summed E-state index contributed by atoms with van der Waals surface area (Å²) in [6.07, 6.45) is 0. The Morgan fingerprint density at radius 1 is 0.846 bits per heavy atom. The lowest BCUT2D eigenvalue weighted by atomic mass is 10.0. The Hall–Kier alpha value is -3.85. The number of benzene rings is 4. The van der Waals surface area contributed by atoms with Crippen molar-refractivity contribution >= 4 is 27.6 Å². The highest BCUT2D eigenvalue weighted by molar-refractivity contribution is 7.89. The molecule has 1 atom stereocenters. The average molecular weight is 566 g/mol. The Morgan fingerprint density at radius 3 is 2.03 bits per heavy atom. The topological polar surface area (TPSA) is 102 Å². The van der Waals surface area contributed by atoms with E-state index in [1.54, 1.807) is 26.0 Å². The van der Waals surface area contributed by atoms with Crippen molar-refractivity contribution in [2.45, 2.75) is 31.4 Å². The standard InChI is InChI=1S/C30H28ClNO6S/c1-20(2)29(30(33)34)32-39(35,36)28-17-12-23(18-27(28)31)22-10-8-21(9-11-22)19-37-24-13-15-26(16-14-24)38-25-6-4-3-5-7-25/h3-18,20,29,32H,19H2,1-2H3,(H,33,34)/t29-/m1/s1. The molecule has 9 heteroatoms. The number of rotatable bonds is 11. The number of hydrogen-bond donors (Lipinski definition) is 2. The number of hydrogen-bond acceptors (Lipinski definition) is 5. The maximum Gasteiger partial charge on any atom is 0.322 e. The van der Waals surface area contributed by atoms with Crippen molar-refractivity contribution in [1.29, 1.82) is 0 Å². The summed E-state index contributed by atoms with van der Waals surface area (Å²) in [5.41, 5.74) is 2.51. The lowest BCUT2D eigenvalue weighted by molar-refractivity contribution is -0.140. The van der Waals surface area contributed by atoms with Gasteiger partial charge in [0.15, 0.2) is 0 Å². The molecule has 202 valence electrons. The summed E-state index contributed by atoms with van der Waals surface area (Å²) in [5, 5.41) is 9.33. The third-order valence-electron chi connectivity index (χ3n) is 5.93. The van der Waals surface area contributed by atoms with Crippen LogP contribution in [0.1, 0.15) is 19.4 Å². The van der Waals surface area contributed by atoms with E-state index in [0.717, 1.165) is 22.4 Å². The van der Waals surface area contributed by atoms with Gasteiger partial charge in [-0.05, 0) is 71.1 Å². The molecule has 4 aromatic carbocycles. The van der Waals surface area contributed by atoms with Crippen LogP contribution in [-0.4, -0.2) is 25.5 Å². The fourth-order valence-electron chi connectivity index (χ4n) is 3.79. The van der Waals surface area contributed by atoms with Crippen LogP contribution in [0, 0.1) is 5.92 Å². The van der Waals surface area contributed by atoms with Gasteiger partial charge in [-0.2, -0.15) is 4.72 Å². The molecule has 0 aliphatic carbocycles. The van der Waals surface area contributed by atoms with E-state index in [2.05, 4.69) is 4.72 Å². The molecular weight excluding hydrogens is 538 g/mol. The summed E-state index contributed by atoms with van der Waals surface area (Å²) in [6, 6.07) is 27.8. The van der Waals surface area contributed by atoms with Crippen molar-refractivity contribution in [2.24, 2.45) is 5.92 Å². The highest BCUT2D eigenvalue weighted by Crippen LogP contribution is 2.29. The lowest BCUT2D eigenvalue weighted by Crippen LogP contribution is -2.44. The normalized spacial score (nSPS) is 12.2. The predicted octanol–water partition coefficient (Wildman–Crippen LogP) is 6.77. The van der Waals surface area contributed by atoms with Gasteiger partial charge in [0.05, 0.1) is 5.02 Å². The van der Waals surface area contributed by atoms with Crippen LogP contribution in [0.3, 0.4) is 0 Å². The molecule has 0 aromatic heterocycles. The minimum absolute atomic E-state index is 0.00000413. The summed E-state index contributed by atoms with van der Waals surface area (Å²) < 4.78 is 39.5. The zero-order valence-electron chi connectivity index (χ0n) is 21.4. The molecule has 0 aliphatic heterocycles. The van der Waals surface area contributed by atoms with E-state index < -0.39 is 28.0 Å². The van der Waals surface area contributed by atoms with Gasteiger partial charge in [-0.25, -0.2) is 8.42 Å². The fourth-order valence-corrected chi connectivity index (χ4v) is 5.67. The monoisotopic (exact) mass is 565 g/mol. The zero-order chi connectivity index (χ0) is 28.0. The SMILES string of the molecule is CC(C)[C@@H](NS(=O)(=O)c1ccc(-c2ccc(COc3ccc(Oc4ccccc4)cc3)cc2)cc1Cl)C(=O)O. The van der Waals surface area contributed by atoms with Crippen LogP contribution in [0.2, 0.25) is 5.02 Å². The van der Waals surface area contributed by atoms with Gasteiger partial charge in [-0.1, -0.05) is 74.0 Å². The molecule has 7 nitrogen and oxygen atoms in total. The van der Waals surface area contributed by atoms with Crippen molar-refractivity contribution in [3.63, 3.8) is 0 Å². The Bertz CT molecular complexity index is 1520. The van der Waals surface area contributed by atoms with Crippen LogP contribution in [0.25, 0.3) is 11.1 Å². The summed E-state index contributed by atoms with van der Waals surface area (Å²) in [5.74, 6) is 0.496. The van der Waals surface area contributed by atoms with Crippen LogP contribution >= 0.6 is 11.6 Å². The molecular formula is C30H28ClNO6S. The van der Waals surface area contributed by atoms with Crippen LogP contribution in [0.15, 0.2) is 102 Å². The number of sulfonamides is 1. The molecule has 4 aromatic rings. The molecule has 0 aliphatic rings. The zero-order valence-corrected chi connectivity index (χ0v) is 22.9. The molecule has 4 rings (SSSR count). The molecule has 0 radical (unpaired) electrons. The number of carbonyl (C=O) groups is 1. The summed E-state index contributed by atoms with van der Waals surface area (Å²) >= 11 is 6.32. The number of carboxylic acid groups (broad SMARTS) is 1. The van der Waals surface area contributed by atoms with Gasteiger partial charge in [0.2, 0.25) is 10.0 Å². The lowest BCUT2D eigenvalue weighted by Gasteiger charge is -2.18. The summed E-state index contributed by atoms with van der Waals surface area (Å²) in [7, 11) is -4.13. The highest BCUT2D eigenvalue weighted by Gasteiger charge is 2.29. The first-order valence-electron chi connectivity index (χ1n) is 12.2. The van der Waals surface area contributed by atoms with Crippen molar-refractivity contribution < 1.29 is 27.8 Å². The Labute approximate surface area is 233 Å². The molecule has 0 saturated carbocycles. The molecule has 0 saturated heterocycles. The number of aliphatic carboxylic acids is 1. The Morgan fingerprint density at radius 2 is 1.44 bits per heavy atom. The van der Waals surface area contributed by atoms with E-state index in [4.69, 9.17) is 21.1 Å². The van der Waals surface area contributed by atoms with Crippen LogP contribution in [0.4, 0.5) is 0 Å². The third-order valence-corrected chi connectivity index (χ3v) is 7.86. The van der Waals surface area contributed by atoms with Crippen molar-refractivity contribution in [3.8, 4) is 28.4 Å². The summed E-state index contributed by atoms with van der Waals surface area (Å²) in [4.78, 5) is 11.3. The second-order valence-electron chi connectivity index (χ2n) is 9.20. The van der Waals surface area contributed by atoms with Crippen LogP contribution in [0.5, 0.6) is 17.2 Å². The van der Waals surface area contributed by atoms with Crippen LogP contribution < -0.4 is 14.2 Å². The number of ether oxygens (including phenoxy) is 2. The minimum atomic E-state index is -4.13. The minimum Gasteiger partial charge on any atom is -0.489 e. The number of halogens is 1. The van der Waals surface area contributed by atoms with Gasteiger partial charge < -0.3 is 14.6 Å². The van der Waals surface area contributed by atoms with Gasteiger partial charge in [0.1, 0.15) is 34.8 Å². The smallest absolute Gasteiger partial charge is 0.322 e. The summed E-state index contributed by atoms with van der Waals surface area (Å²) in [6.45, 7) is 3.61. The van der Waals surface area contributed by atoms with Crippen molar-refractivity contribution in [2.75, 3.05) is 0 Å². The molecule has 2 N–H and O–H groups in total. The Kier molecular flexibility index (Phi) is 8.91. The van der Waals surface area contributed by atoms with Gasteiger partial charge in [0.25, 0.3) is 0 Å². The number of para-hydroxylation sites is 1. The molecule has 39 heavy (non-hydrogen) atoms. The fraction of sp³-hybridized carbons (Fsp3) is 0.167. The van der Waals surface area contributed by atoms with E-state index in [9.17, 15) is 18.3 Å². The second-order valence-corrected chi connectivity index (χ2v) is 11.3. The van der Waals surface area contributed by atoms with E-state index in [0.29, 0.717) is 18.1 Å².